The first kappa shape index (κ1) is 23.2. The molecule has 2 fully saturated rings. The van der Waals surface area contributed by atoms with Gasteiger partial charge in [-0.2, -0.15) is 0 Å². The first-order valence-corrected chi connectivity index (χ1v) is 11.6. The Bertz CT molecular complexity index is 960. The molecule has 2 saturated heterocycles. The van der Waals surface area contributed by atoms with Crippen molar-refractivity contribution < 1.29 is 19.1 Å². The summed E-state index contributed by atoms with van der Waals surface area (Å²) in [5.74, 6) is 1.44. The molecule has 0 bridgehead atoms. The third-order valence-electron chi connectivity index (χ3n) is 6.75. The molecule has 176 valence electrons. The molecule has 2 aliphatic heterocycles. The molecular formula is C25H32N4O4. The number of methoxy groups -OCH3 is 1. The van der Waals surface area contributed by atoms with Crippen LogP contribution in [0.5, 0.6) is 11.6 Å². The molecule has 33 heavy (non-hydrogen) atoms. The van der Waals surface area contributed by atoms with E-state index < -0.39 is 5.41 Å². The predicted octanol–water partition coefficient (Wildman–Crippen LogP) is 3.25. The zero-order chi connectivity index (χ0) is 23.3. The molecule has 0 aliphatic carbocycles. The molecule has 1 aromatic carbocycles. The van der Waals surface area contributed by atoms with Gasteiger partial charge in [0.15, 0.2) is 0 Å². The van der Waals surface area contributed by atoms with E-state index in [1.807, 2.05) is 42.2 Å². The average molecular weight is 453 g/mol. The summed E-state index contributed by atoms with van der Waals surface area (Å²) >= 11 is 0. The zero-order valence-electron chi connectivity index (χ0n) is 19.4. The Morgan fingerprint density at radius 1 is 1.06 bits per heavy atom. The predicted molar refractivity (Wildman–Crippen MR) is 123 cm³/mol. The van der Waals surface area contributed by atoms with Crippen LogP contribution in [0.15, 0.2) is 42.7 Å². The highest BCUT2D eigenvalue weighted by Crippen LogP contribution is 2.37. The molecule has 4 rings (SSSR count). The number of nitrogens with zero attached hydrogens (tertiary/aromatic N) is 4. The van der Waals surface area contributed by atoms with Crippen molar-refractivity contribution in [2.45, 2.75) is 38.5 Å². The number of aromatic nitrogens is 2. The van der Waals surface area contributed by atoms with Crippen molar-refractivity contribution in [3.8, 4) is 11.6 Å². The van der Waals surface area contributed by atoms with Crippen molar-refractivity contribution in [3.05, 3.63) is 48.4 Å². The monoisotopic (exact) mass is 452 g/mol. The van der Waals surface area contributed by atoms with Crippen LogP contribution in [0, 0.1) is 5.41 Å². The lowest BCUT2D eigenvalue weighted by Gasteiger charge is -2.43. The molecule has 2 aromatic rings. The van der Waals surface area contributed by atoms with Gasteiger partial charge in [-0.3, -0.25) is 14.6 Å². The molecule has 2 amide bonds. The minimum atomic E-state index is -0.461. The molecule has 8 nitrogen and oxygen atoms in total. The van der Waals surface area contributed by atoms with E-state index in [0.29, 0.717) is 44.1 Å². The summed E-state index contributed by atoms with van der Waals surface area (Å²) in [5.41, 5.74) is 0.335. The molecule has 0 radical (unpaired) electrons. The first-order chi connectivity index (χ1) is 16.0. The van der Waals surface area contributed by atoms with Gasteiger partial charge >= 0.3 is 0 Å². The Morgan fingerprint density at radius 3 is 2.52 bits per heavy atom. The van der Waals surface area contributed by atoms with Crippen molar-refractivity contribution in [3.63, 3.8) is 0 Å². The summed E-state index contributed by atoms with van der Waals surface area (Å²) in [7, 11) is 1.52. The third-order valence-corrected chi connectivity index (χ3v) is 6.75. The Morgan fingerprint density at radius 2 is 1.79 bits per heavy atom. The average Bonchev–Trinajstić information content (AvgIpc) is 2.85. The molecule has 0 N–H and O–H groups in total. The molecule has 1 aromatic heterocycles. The van der Waals surface area contributed by atoms with Crippen molar-refractivity contribution >= 4 is 11.8 Å². The van der Waals surface area contributed by atoms with E-state index >= 15 is 0 Å². The fourth-order valence-corrected chi connectivity index (χ4v) is 4.74. The smallest absolute Gasteiger partial charge is 0.248 e. The van der Waals surface area contributed by atoms with E-state index in [4.69, 9.17) is 9.47 Å². The van der Waals surface area contributed by atoms with E-state index in [0.717, 1.165) is 25.1 Å². The lowest BCUT2D eigenvalue weighted by Crippen LogP contribution is -2.52. The molecule has 3 heterocycles. The fraction of sp³-hybridized carbons (Fsp3) is 0.520. The summed E-state index contributed by atoms with van der Waals surface area (Å²) in [6.45, 7) is 4.63. The number of ether oxygens (including phenoxy) is 2. The number of likely N-dealkylation sites (tertiary alicyclic amines) is 2. The van der Waals surface area contributed by atoms with Crippen molar-refractivity contribution in [2.24, 2.45) is 5.41 Å². The number of piperidine rings is 2. The number of amides is 2. The SMILES string of the molecule is COCC(=O)N1CCC(C)(C(=O)N2CCC[C@@H](c3nccnc3Oc3ccccc3)C2)CC1. The minimum absolute atomic E-state index is 0.0152. The van der Waals surface area contributed by atoms with E-state index in [2.05, 4.69) is 9.97 Å². The van der Waals surface area contributed by atoms with Crippen LogP contribution in [0.25, 0.3) is 0 Å². The molecule has 0 saturated carbocycles. The summed E-state index contributed by atoms with van der Waals surface area (Å²) in [5, 5.41) is 0. The maximum absolute atomic E-state index is 13.6. The fourth-order valence-electron chi connectivity index (χ4n) is 4.74. The van der Waals surface area contributed by atoms with Crippen LogP contribution in [0.4, 0.5) is 0 Å². The number of carbonyl (C=O) groups excluding carboxylic acids is 2. The molecule has 1 atom stereocenters. The highest BCUT2D eigenvalue weighted by atomic mass is 16.5. The number of benzene rings is 1. The van der Waals surface area contributed by atoms with Crippen LogP contribution >= 0.6 is 0 Å². The summed E-state index contributed by atoms with van der Waals surface area (Å²) < 4.78 is 11.0. The number of carbonyl (C=O) groups is 2. The van der Waals surface area contributed by atoms with Crippen molar-refractivity contribution in [2.75, 3.05) is 39.9 Å². The largest absolute Gasteiger partial charge is 0.437 e. The quantitative estimate of drug-likeness (QED) is 0.669. The highest BCUT2D eigenvalue weighted by molar-refractivity contribution is 5.83. The Kier molecular flexibility index (Phi) is 7.23. The Labute approximate surface area is 194 Å². The summed E-state index contributed by atoms with van der Waals surface area (Å²) in [4.78, 5) is 38.5. The van der Waals surface area contributed by atoms with Gasteiger partial charge in [0, 0.05) is 57.0 Å². The topological polar surface area (TPSA) is 84.9 Å². The van der Waals surface area contributed by atoms with Gasteiger partial charge in [0.05, 0.1) is 0 Å². The van der Waals surface area contributed by atoms with E-state index in [9.17, 15) is 9.59 Å². The van der Waals surface area contributed by atoms with Gasteiger partial charge in [-0.1, -0.05) is 25.1 Å². The van der Waals surface area contributed by atoms with E-state index in [-0.39, 0.29) is 24.3 Å². The van der Waals surface area contributed by atoms with Crippen LogP contribution in [0.1, 0.15) is 44.2 Å². The summed E-state index contributed by atoms with van der Waals surface area (Å²) in [6.07, 6.45) is 6.48. The van der Waals surface area contributed by atoms with Crippen LogP contribution in [-0.2, 0) is 14.3 Å². The lowest BCUT2D eigenvalue weighted by molar-refractivity contribution is -0.149. The molecule has 8 heteroatoms. The standard InChI is InChI=1S/C25H32N4O4/c1-25(10-15-28(16-11-25)21(30)18-32-2)24(31)29-14-6-7-19(17-29)22-23(27-13-12-26-22)33-20-8-4-3-5-9-20/h3-5,8-9,12-13,19H,6-7,10-11,14-18H2,1-2H3/t19-/m1/s1. The van der Waals surface area contributed by atoms with Gasteiger partial charge in [-0.05, 0) is 37.8 Å². The highest BCUT2D eigenvalue weighted by Gasteiger charge is 2.42. The van der Waals surface area contributed by atoms with Gasteiger partial charge in [-0.15, -0.1) is 0 Å². The van der Waals surface area contributed by atoms with Gasteiger partial charge in [0.2, 0.25) is 17.7 Å². The second-order valence-corrected chi connectivity index (χ2v) is 9.13. The van der Waals surface area contributed by atoms with Crippen molar-refractivity contribution in [1.82, 2.24) is 19.8 Å². The van der Waals surface area contributed by atoms with E-state index in [1.54, 1.807) is 17.3 Å². The number of rotatable bonds is 6. The molecule has 0 spiro atoms. The first-order valence-electron chi connectivity index (χ1n) is 11.6. The Hall–Kier alpha value is -3.00. The maximum Gasteiger partial charge on any atom is 0.248 e. The van der Waals surface area contributed by atoms with Gasteiger partial charge in [0.25, 0.3) is 0 Å². The summed E-state index contributed by atoms with van der Waals surface area (Å²) in [6, 6.07) is 9.55. The lowest BCUT2D eigenvalue weighted by atomic mass is 9.78. The zero-order valence-corrected chi connectivity index (χ0v) is 19.4. The van der Waals surface area contributed by atoms with Crippen LogP contribution in [-0.4, -0.2) is 71.5 Å². The Balaban J connectivity index is 1.43. The number of hydrogen-bond acceptors (Lipinski definition) is 6. The van der Waals surface area contributed by atoms with Gasteiger partial charge in [0.1, 0.15) is 18.1 Å². The number of para-hydroxylation sites is 1. The second-order valence-electron chi connectivity index (χ2n) is 9.13. The van der Waals surface area contributed by atoms with Crippen LogP contribution < -0.4 is 4.74 Å². The molecule has 0 unspecified atom stereocenters. The molecule has 2 aliphatic rings. The van der Waals surface area contributed by atoms with E-state index in [1.165, 1.54) is 7.11 Å². The van der Waals surface area contributed by atoms with Gasteiger partial charge in [-0.25, -0.2) is 4.98 Å². The van der Waals surface area contributed by atoms with Crippen molar-refractivity contribution in [1.29, 1.82) is 0 Å². The number of hydrogen-bond donors (Lipinski definition) is 0. The third kappa shape index (κ3) is 5.33. The minimum Gasteiger partial charge on any atom is -0.437 e. The maximum atomic E-state index is 13.6. The molecular weight excluding hydrogens is 420 g/mol. The van der Waals surface area contributed by atoms with Gasteiger partial charge < -0.3 is 19.3 Å². The normalized spacial score (nSPS) is 20.4. The van der Waals surface area contributed by atoms with Crippen LogP contribution in [0.2, 0.25) is 0 Å². The second kappa shape index (κ2) is 10.3. The van der Waals surface area contributed by atoms with Crippen LogP contribution in [0.3, 0.4) is 0 Å².